The van der Waals surface area contributed by atoms with Crippen LogP contribution in [-0.4, -0.2) is 62.4 Å². The van der Waals surface area contributed by atoms with Crippen LogP contribution in [0, 0.1) is 5.92 Å². The van der Waals surface area contributed by atoms with Crippen molar-refractivity contribution in [2.45, 2.75) is 25.9 Å². The van der Waals surface area contributed by atoms with Gasteiger partial charge in [-0.1, -0.05) is 18.2 Å². The molecule has 2 heterocycles. The molecule has 1 atom stereocenters. The van der Waals surface area contributed by atoms with E-state index >= 15 is 0 Å². The summed E-state index contributed by atoms with van der Waals surface area (Å²) < 4.78 is 0. The molecule has 1 aliphatic rings. The van der Waals surface area contributed by atoms with E-state index in [0.29, 0.717) is 18.0 Å². The van der Waals surface area contributed by atoms with Gasteiger partial charge in [-0.3, -0.25) is 14.7 Å². The van der Waals surface area contributed by atoms with Gasteiger partial charge >= 0.3 is 0 Å². The maximum atomic E-state index is 12.0. The summed E-state index contributed by atoms with van der Waals surface area (Å²) in [6.07, 6.45) is 2.51. The van der Waals surface area contributed by atoms with E-state index in [1.165, 1.54) is 24.3 Å². The van der Waals surface area contributed by atoms with Crippen LogP contribution in [0.2, 0.25) is 0 Å². The van der Waals surface area contributed by atoms with Gasteiger partial charge in [0.05, 0.1) is 0 Å². The number of benzene rings is 1. The van der Waals surface area contributed by atoms with Crippen LogP contribution in [0.15, 0.2) is 46.8 Å². The Kier molecular flexibility index (Phi) is 10.8. The normalized spacial score (nSPS) is 17.0. The van der Waals surface area contributed by atoms with E-state index in [0.717, 1.165) is 31.2 Å². The van der Waals surface area contributed by atoms with Gasteiger partial charge in [0.1, 0.15) is 0 Å². The van der Waals surface area contributed by atoms with Crippen molar-refractivity contribution in [3.05, 3.63) is 57.8 Å². The highest BCUT2D eigenvalue weighted by Gasteiger charge is 2.20. The highest BCUT2D eigenvalue weighted by atomic mass is 127. The molecule has 2 N–H and O–H groups in total. The summed E-state index contributed by atoms with van der Waals surface area (Å²) in [4.78, 5) is 21.9. The predicted octanol–water partition coefficient (Wildman–Crippen LogP) is 3.65. The molecule has 0 radical (unpaired) electrons. The third kappa shape index (κ3) is 8.08. The zero-order valence-electron chi connectivity index (χ0n) is 18.6. The fourth-order valence-corrected chi connectivity index (χ4v) is 4.50. The number of halogens is 1. The molecule has 6 nitrogen and oxygen atoms in total. The Labute approximate surface area is 207 Å². The van der Waals surface area contributed by atoms with Crippen molar-refractivity contribution >= 4 is 47.2 Å². The number of thiophene rings is 1. The second kappa shape index (κ2) is 13.0. The minimum Gasteiger partial charge on any atom is -0.356 e. The molecule has 1 aromatic heterocycles. The van der Waals surface area contributed by atoms with E-state index < -0.39 is 0 Å². The van der Waals surface area contributed by atoms with Crippen LogP contribution in [0.3, 0.4) is 0 Å². The van der Waals surface area contributed by atoms with Gasteiger partial charge in [0.15, 0.2) is 5.96 Å². The Morgan fingerprint density at radius 3 is 2.65 bits per heavy atom. The number of hydrogen-bond donors (Lipinski definition) is 2. The van der Waals surface area contributed by atoms with Crippen LogP contribution in [0.1, 0.15) is 33.6 Å². The van der Waals surface area contributed by atoms with Crippen LogP contribution in [0.5, 0.6) is 0 Å². The first-order valence-electron chi connectivity index (χ1n) is 10.5. The highest BCUT2D eigenvalue weighted by molar-refractivity contribution is 14.0. The standard InChI is InChI=1S/C23H33N5OS.HI/c1-24-23(25-14-18-8-10-20(11-9-18)22(29)27(2)3)26-15-19-6-4-12-28(16-19)17-21-7-5-13-30-21;/h5,7-11,13,19H,4,6,12,14-17H2,1-3H3,(H2,24,25,26);1H. The number of nitrogens with zero attached hydrogens (tertiary/aromatic N) is 3. The molecule has 0 spiro atoms. The van der Waals surface area contributed by atoms with Crippen molar-refractivity contribution in [2.24, 2.45) is 10.9 Å². The minimum atomic E-state index is 0. The largest absolute Gasteiger partial charge is 0.356 e. The molecular formula is C23H34IN5OS. The van der Waals surface area contributed by atoms with E-state index in [-0.39, 0.29) is 29.9 Å². The zero-order valence-corrected chi connectivity index (χ0v) is 21.8. The molecule has 8 heteroatoms. The predicted molar refractivity (Wildman–Crippen MR) is 140 cm³/mol. The number of guanidine groups is 1. The lowest BCUT2D eigenvalue weighted by molar-refractivity contribution is 0.0827. The Morgan fingerprint density at radius 2 is 2.00 bits per heavy atom. The van der Waals surface area contributed by atoms with Gasteiger partial charge < -0.3 is 15.5 Å². The van der Waals surface area contributed by atoms with Crippen molar-refractivity contribution in [3.63, 3.8) is 0 Å². The number of hydrogen-bond acceptors (Lipinski definition) is 4. The lowest BCUT2D eigenvalue weighted by Gasteiger charge is -2.32. The number of nitrogens with one attached hydrogen (secondary N) is 2. The summed E-state index contributed by atoms with van der Waals surface area (Å²) in [5.74, 6) is 1.47. The third-order valence-electron chi connectivity index (χ3n) is 5.41. The monoisotopic (exact) mass is 555 g/mol. The molecule has 1 aromatic carbocycles. The zero-order chi connectivity index (χ0) is 21.3. The lowest BCUT2D eigenvalue weighted by Crippen LogP contribution is -2.44. The first-order chi connectivity index (χ1) is 14.5. The fraction of sp³-hybridized carbons (Fsp3) is 0.478. The Hall–Kier alpha value is -1.65. The topological polar surface area (TPSA) is 60.0 Å². The lowest BCUT2D eigenvalue weighted by atomic mass is 9.98. The molecule has 0 aliphatic carbocycles. The number of carbonyl (C=O) groups excluding carboxylic acids is 1. The first kappa shape index (κ1) is 25.6. The quantitative estimate of drug-likeness (QED) is 0.311. The first-order valence-corrected chi connectivity index (χ1v) is 11.4. The van der Waals surface area contributed by atoms with Crippen LogP contribution in [0.4, 0.5) is 0 Å². The van der Waals surface area contributed by atoms with Crippen molar-refractivity contribution in [1.29, 1.82) is 0 Å². The number of carbonyl (C=O) groups is 1. The van der Waals surface area contributed by atoms with Crippen molar-refractivity contribution in [3.8, 4) is 0 Å². The number of piperidine rings is 1. The van der Waals surface area contributed by atoms with Crippen molar-refractivity contribution in [2.75, 3.05) is 40.8 Å². The third-order valence-corrected chi connectivity index (χ3v) is 6.27. The van der Waals surface area contributed by atoms with Crippen molar-refractivity contribution in [1.82, 2.24) is 20.4 Å². The molecule has 1 saturated heterocycles. The molecule has 1 fully saturated rings. The fourth-order valence-electron chi connectivity index (χ4n) is 3.76. The minimum absolute atomic E-state index is 0. The summed E-state index contributed by atoms with van der Waals surface area (Å²) in [5, 5.41) is 9.02. The molecular weight excluding hydrogens is 521 g/mol. The Balaban J connectivity index is 0.00000341. The van der Waals surface area contributed by atoms with Gasteiger partial charge in [0, 0.05) is 57.8 Å². The number of rotatable bonds is 7. The van der Waals surface area contributed by atoms with E-state index in [1.54, 1.807) is 26.0 Å². The van der Waals surface area contributed by atoms with Gasteiger partial charge in [-0.15, -0.1) is 35.3 Å². The summed E-state index contributed by atoms with van der Waals surface area (Å²) in [6, 6.07) is 12.1. The van der Waals surface area contributed by atoms with Gasteiger partial charge in [0.25, 0.3) is 5.91 Å². The SMILES string of the molecule is CN=C(NCc1ccc(C(=O)N(C)C)cc1)NCC1CCCN(Cc2cccs2)C1.I. The molecule has 31 heavy (non-hydrogen) atoms. The molecule has 0 saturated carbocycles. The number of amides is 1. The Morgan fingerprint density at radius 1 is 1.23 bits per heavy atom. The maximum Gasteiger partial charge on any atom is 0.253 e. The number of likely N-dealkylation sites (tertiary alicyclic amines) is 1. The van der Waals surface area contributed by atoms with Crippen molar-refractivity contribution < 1.29 is 4.79 Å². The molecule has 1 aliphatic heterocycles. The van der Waals surface area contributed by atoms with E-state index in [1.807, 2.05) is 35.6 Å². The van der Waals surface area contributed by atoms with E-state index in [2.05, 4.69) is 38.0 Å². The summed E-state index contributed by atoms with van der Waals surface area (Å²) in [7, 11) is 5.33. The second-order valence-corrected chi connectivity index (χ2v) is 9.06. The summed E-state index contributed by atoms with van der Waals surface area (Å²) >= 11 is 1.84. The maximum absolute atomic E-state index is 12.0. The average Bonchev–Trinajstić information content (AvgIpc) is 3.27. The van der Waals surface area contributed by atoms with Crippen LogP contribution >= 0.6 is 35.3 Å². The van der Waals surface area contributed by atoms with E-state index in [9.17, 15) is 4.79 Å². The van der Waals surface area contributed by atoms with Crippen LogP contribution < -0.4 is 10.6 Å². The molecule has 170 valence electrons. The smallest absolute Gasteiger partial charge is 0.253 e. The highest BCUT2D eigenvalue weighted by Crippen LogP contribution is 2.20. The van der Waals surface area contributed by atoms with Crippen LogP contribution in [0.25, 0.3) is 0 Å². The number of aliphatic imine (C=N–C) groups is 1. The summed E-state index contributed by atoms with van der Waals surface area (Å²) in [6.45, 7) is 4.98. The molecule has 2 aromatic rings. The van der Waals surface area contributed by atoms with Gasteiger partial charge in [0.2, 0.25) is 0 Å². The van der Waals surface area contributed by atoms with Gasteiger partial charge in [-0.2, -0.15) is 0 Å². The molecule has 0 bridgehead atoms. The Bertz CT molecular complexity index is 823. The summed E-state index contributed by atoms with van der Waals surface area (Å²) in [5.41, 5.74) is 1.82. The molecule has 1 unspecified atom stereocenters. The van der Waals surface area contributed by atoms with Gasteiger partial charge in [-0.25, -0.2) is 0 Å². The van der Waals surface area contributed by atoms with E-state index in [4.69, 9.17) is 0 Å². The molecule has 1 amide bonds. The average molecular weight is 556 g/mol. The van der Waals surface area contributed by atoms with Gasteiger partial charge in [-0.05, 0) is 54.4 Å². The van der Waals surface area contributed by atoms with Crippen LogP contribution in [-0.2, 0) is 13.1 Å². The second-order valence-electron chi connectivity index (χ2n) is 8.03. The molecule has 3 rings (SSSR count).